The van der Waals surface area contributed by atoms with Gasteiger partial charge in [0.25, 0.3) is 0 Å². The van der Waals surface area contributed by atoms with Crippen LogP contribution < -0.4 is 14.2 Å². The van der Waals surface area contributed by atoms with Crippen LogP contribution in [-0.4, -0.2) is 26.7 Å². The second-order valence-electron chi connectivity index (χ2n) is 4.52. The van der Waals surface area contributed by atoms with Gasteiger partial charge in [-0.15, -0.1) is 11.3 Å². The van der Waals surface area contributed by atoms with Crippen molar-refractivity contribution in [3.8, 4) is 11.5 Å². The quantitative estimate of drug-likeness (QED) is 0.905. The van der Waals surface area contributed by atoms with Gasteiger partial charge in [-0.05, 0) is 25.5 Å². The third kappa shape index (κ3) is 3.02. The largest absolute Gasteiger partial charge is 0.454 e. The maximum Gasteiger partial charge on any atom is 0.240 e. The number of ether oxygens (including phenoxy) is 2. The first-order chi connectivity index (χ1) is 10.1. The number of benzene rings is 1. The zero-order chi connectivity index (χ0) is 14.9. The minimum atomic E-state index is -3.55. The zero-order valence-corrected chi connectivity index (χ0v) is 13.0. The van der Waals surface area contributed by atoms with Gasteiger partial charge in [-0.2, -0.15) is 0 Å². The van der Waals surface area contributed by atoms with E-state index in [1.165, 1.54) is 23.5 Å². The summed E-state index contributed by atoms with van der Waals surface area (Å²) in [6.45, 7) is 2.37. The van der Waals surface area contributed by atoms with Crippen molar-refractivity contribution in [2.24, 2.45) is 0 Å². The molecule has 0 unspecified atom stereocenters. The van der Waals surface area contributed by atoms with Gasteiger partial charge in [-0.25, -0.2) is 18.1 Å². The average Bonchev–Trinajstić information content (AvgIpc) is 3.07. The van der Waals surface area contributed by atoms with Crippen molar-refractivity contribution in [1.82, 2.24) is 9.71 Å². The highest BCUT2D eigenvalue weighted by molar-refractivity contribution is 7.89. The number of aromatic nitrogens is 1. The molecule has 8 heteroatoms. The van der Waals surface area contributed by atoms with Gasteiger partial charge in [0.15, 0.2) is 11.5 Å². The van der Waals surface area contributed by atoms with E-state index >= 15 is 0 Å². The highest BCUT2D eigenvalue weighted by atomic mass is 32.2. The number of fused-ring (bicyclic) bond motifs is 1. The van der Waals surface area contributed by atoms with E-state index in [4.69, 9.17) is 9.47 Å². The second-order valence-corrected chi connectivity index (χ2v) is 7.23. The smallest absolute Gasteiger partial charge is 0.240 e. The summed E-state index contributed by atoms with van der Waals surface area (Å²) in [5.74, 6) is 1.02. The number of hydrogen-bond donors (Lipinski definition) is 1. The number of aryl methyl sites for hydroxylation is 1. The Morgan fingerprint density at radius 2 is 2.14 bits per heavy atom. The van der Waals surface area contributed by atoms with Crippen LogP contribution in [0, 0.1) is 6.92 Å². The van der Waals surface area contributed by atoms with Gasteiger partial charge in [-0.3, -0.25) is 0 Å². The Hall–Kier alpha value is -1.64. The van der Waals surface area contributed by atoms with Crippen molar-refractivity contribution in [2.75, 3.05) is 13.3 Å². The van der Waals surface area contributed by atoms with E-state index < -0.39 is 10.0 Å². The first-order valence-electron chi connectivity index (χ1n) is 6.34. The molecule has 0 bridgehead atoms. The van der Waals surface area contributed by atoms with Crippen LogP contribution in [0.4, 0.5) is 0 Å². The Bertz CT molecular complexity index is 755. The molecule has 0 saturated carbocycles. The summed E-state index contributed by atoms with van der Waals surface area (Å²) >= 11 is 1.53. The Kier molecular flexibility index (Phi) is 3.83. The van der Waals surface area contributed by atoms with Crippen molar-refractivity contribution in [3.05, 3.63) is 34.3 Å². The van der Waals surface area contributed by atoms with Gasteiger partial charge < -0.3 is 9.47 Å². The van der Waals surface area contributed by atoms with Crippen LogP contribution in [-0.2, 0) is 16.4 Å². The monoisotopic (exact) mass is 326 g/mol. The number of sulfonamides is 1. The van der Waals surface area contributed by atoms with Crippen LogP contribution in [0.1, 0.15) is 10.6 Å². The van der Waals surface area contributed by atoms with E-state index in [0.29, 0.717) is 24.5 Å². The van der Waals surface area contributed by atoms with Crippen molar-refractivity contribution in [1.29, 1.82) is 0 Å². The molecule has 0 spiro atoms. The summed E-state index contributed by atoms with van der Waals surface area (Å²) in [5, 5.41) is 0. The molecule has 6 nitrogen and oxygen atoms in total. The molecule has 0 atom stereocenters. The predicted molar refractivity (Wildman–Crippen MR) is 78.3 cm³/mol. The van der Waals surface area contributed by atoms with Crippen LogP contribution in [0.15, 0.2) is 28.6 Å². The summed E-state index contributed by atoms with van der Waals surface area (Å²) in [4.78, 5) is 5.40. The Balaban J connectivity index is 1.68. The molecule has 0 radical (unpaired) electrons. The molecule has 1 aliphatic rings. The summed E-state index contributed by atoms with van der Waals surface area (Å²) in [5.41, 5.74) is 2.71. The predicted octanol–water partition coefficient (Wildman–Crippen LogP) is 1.70. The first kappa shape index (κ1) is 14.3. The van der Waals surface area contributed by atoms with Crippen molar-refractivity contribution in [3.63, 3.8) is 0 Å². The van der Waals surface area contributed by atoms with E-state index in [1.54, 1.807) is 11.6 Å². The maximum atomic E-state index is 12.2. The van der Waals surface area contributed by atoms with Gasteiger partial charge in [0.05, 0.1) is 16.1 Å². The molecule has 21 heavy (non-hydrogen) atoms. The van der Waals surface area contributed by atoms with Crippen LogP contribution in [0.2, 0.25) is 0 Å². The van der Waals surface area contributed by atoms with Crippen LogP contribution in [0.5, 0.6) is 11.5 Å². The molecule has 0 fully saturated rings. The van der Waals surface area contributed by atoms with Crippen LogP contribution >= 0.6 is 11.3 Å². The van der Waals surface area contributed by atoms with Gasteiger partial charge in [-0.1, -0.05) is 0 Å². The minimum absolute atomic E-state index is 0.122. The molecule has 2 aromatic rings. The third-order valence-electron chi connectivity index (χ3n) is 3.14. The lowest BCUT2D eigenvalue weighted by molar-refractivity contribution is 0.174. The van der Waals surface area contributed by atoms with Gasteiger partial charge >= 0.3 is 0 Å². The topological polar surface area (TPSA) is 77.5 Å². The first-order valence-corrected chi connectivity index (χ1v) is 8.71. The molecule has 2 heterocycles. The molecule has 0 saturated heterocycles. The summed E-state index contributed by atoms with van der Waals surface area (Å²) in [6, 6.07) is 4.58. The van der Waals surface area contributed by atoms with E-state index in [2.05, 4.69) is 9.71 Å². The SMILES string of the molecule is Cc1ncsc1CCNS(=O)(=O)c1ccc2c(c1)OCO2. The molecular formula is C13H14N2O4S2. The number of nitrogens with one attached hydrogen (secondary N) is 1. The molecule has 1 aromatic heterocycles. The summed E-state index contributed by atoms with van der Waals surface area (Å²) < 4.78 is 37.4. The molecular weight excluding hydrogens is 312 g/mol. The van der Waals surface area contributed by atoms with Gasteiger partial charge in [0.1, 0.15) is 0 Å². The lowest BCUT2D eigenvalue weighted by Gasteiger charge is -2.07. The number of rotatable bonds is 5. The Labute approximate surface area is 126 Å². The van der Waals surface area contributed by atoms with Crippen molar-refractivity contribution >= 4 is 21.4 Å². The fraction of sp³-hybridized carbons (Fsp3) is 0.308. The molecule has 1 N–H and O–H groups in total. The summed E-state index contributed by atoms with van der Waals surface area (Å²) in [6.07, 6.45) is 0.625. The lowest BCUT2D eigenvalue weighted by atomic mass is 10.3. The molecule has 1 aromatic carbocycles. The molecule has 0 aliphatic carbocycles. The van der Waals surface area contributed by atoms with E-state index in [9.17, 15) is 8.42 Å². The third-order valence-corrected chi connectivity index (χ3v) is 5.60. The standard InChI is InChI=1S/C13H14N2O4S2/c1-9-13(20-7-14-9)4-5-15-21(16,17)10-2-3-11-12(6-10)19-8-18-11/h2-3,6-7,15H,4-5,8H2,1H3. The Morgan fingerprint density at radius 1 is 1.33 bits per heavy atom. The second kappa shape index (κ2) is 5.63. The Morgan fingerprint density at radius 3 is 2.90 bits per heavy atom. The number of hydrogen-bond acceptors (Lipinski definition) is 6. The van der Waals surface area contributed by atoms with Crippen LogP contribution in [0.25, 0.3) is 0 Å². The fourth-order valence-corrected chi connectivity index (χ4v) is 3.82. The summed E-state index contributed by atoms with van der Waals surface area (Å²) in [7, 11) is -3.55. The highest BCUT2D eigenvalue weighted by Gasteiger charge is 2.20. The molecule has 112 valence electrons. The van der Waals surface area contributed by atoms with Crippen LogP contribution in [0.3, 0.4) is 0 Å². The molecule has 3 rings (SSSR count). The lowest BCUT2D eigenvalue weighted by Crippen LogP contribution is -2.25. The molecule has 1 aliphatic heterocycles. The average molecular weight is 326 g/mol. The minimum Gasteiger partial charge on any atom is -0.454 e. The normalized spacial score (nSPS) is 13.6. The van der Waals surface area contributed by atoms with E-state index in [1.807, 2.05) is 6.92 Å². The molecule has 0 amide bonds. The maximum absolute atomic E-state index is 12.2. The van der Waals surface area contributed by atoms with Crippen molar-refractivity contribution < 1.29 is 17.9 Å². The number of thiazole rings is 1. The highest BCUT2D eigenvalue weighted by Crippen LogP contribution is 2.33. The van der Waals surface area contributed by atoms with E-state index in [0.717, 1.165) is 10.6 Å². The zero-order valence-electron chi connectivity index (χ0n) is 11.3. The van der Waals surface area contributed by atoms with Crippen molar-refractivity contribution in [2.45, 2.75) is 18.2 Å². The van der Waals surface area contributed by atoms with Gasteiger partial charge in [0.2, 0.25) is 16.8 Å². The van der Waals surface area contributed by atoms with E-state index in [-0.39, 0.29) is 11.7 Å². The fourth-order valence-electron chi connectivity index (χ4n) is 1.99. The number of nitrogens with zero attached hydrogens (tertiary/aromatic N) is 1. The van der Waals surface area contributed by atoms with Gasteiger partial charge in [0, 0.05) is 17.5 Å².